The minimum atomic E-state index is -3.66. The number of aryl methyl sites for hydroxylation is 1. The van der Waals surface area contributed by atoms with Crippen molar-refractivity contribution in [3.05, 3.63) is 77.5 Å². The standard InChI is InChI=1S/C26H29N5O7S/c1-16-6-4-5-7-19(16)28-26(35)29-20-10-8-17(12-22(20)38-2)13-24(32)30-23-11-9-18(15-27-23)21(14-25(33)34)31-39(3,36)37/h4-12,15,21,31H,13-14H2,1-3H3,(H,33,34)(H,27,30,32)(H2,28,29,35). The van der Waals surface area contributed by atoms with Gasteiger partial charge in [0.15, 0.2) is 0 Å². The molecule has 1 unspecified atom stereocenters. The van der Waals surface area contributed by atoms with Gasteiger partial charge in [0.1, 0.15) is 11.6 Å². The fourth-order valence-electron chi connectivity index (χ4n) is 3.66. The zero-order valence-corrected chi connectivity index (χ0v) is 22.3. The molecule has 206 valence electrons. The van der Waals surface area contributed by atoms with Crippen LogP contribution in [0.2, 0.25) is 0 Å². The van der Waals surface area contributed by atoms with E-state index in [0.29, 0.717) is 28.3 Å². The van der Waals surface area contributed by atoms with E-state index < -0.39 is 34.5 Å². The molecule has 13 heteroatoms. The van der Waals surface area contributed by atoms with E-state index >= 15 is 0 Å². The number of aromatic nitrogens is 1. The largest absolute Gasteiger partial charge is 0.495 e. The summed E-state index contributed by atoms with van der Waals surface area (Å²) in [6, 6.07) is 13.8. The molecule has 1 aromatic heterocycles. The van der Waals surface area contributed by atoms with E-state index in [-0.39, 0.29) is 18.1 Å². The van der Waals surface area contributed by atoms with Gasteiger partial charge in [-0.05, 0) is 47.9 Å². The number of anilines is 3. The second kappa shape index (κ2) is 12.8. The highest BCUT2D eigenvalue weighted by molar-refractivity contribution is 7.88. The Morgan fingerprint density at radius 3 is 2.33 bits per heavy atom. The number of ether oxygens (including phenoxy) is 1. The zero-order chi connectivity index (χ0) is 28.6. The predicted octanol–water partition coefficient (Wildman–Crippen LogP) is 3.29. The number of carboxylic acids is 1. The lowest BCUT2D eigenvalue weighted by Crippen LogP contribution is -2.29. The summed E-state index contributed by atoms with van der Waals surface area (Å²) < 4.78 is 30.8. The monoisotopic (exact) mass is 555 g/mol. The summed E-state index contributed by atoms with van der Waals surface area (Å²) in [6.07, 6.45) is 1.74. The number of amides is 3. The van der Waals surface area contributed by atoms with Gasteiger partial charge in [-0.15, -0.1) is 0 Å². The average Bonchev–Trinajstić information content (AvgIpc) is 2.85. The lowest BCUT2D eigenvalue weighted by molar-refractivity contribution is -0.137. The number of urea groups is 1. The molecule has 0 saturated carbocycles. The van der Waals surface area contributed by atoms with Gasteiger partial charge in [0.25, 0.3) is 0 Å². The van der Waals surface area contributed by atoms with Crippen LogP contribution in [0.5, 0.6) is 5.75 Å². The Labute approximate surface area is 225 Å². The highest BCUT2D eigenvalue weighted by atomic mass is 32.2. The van der Waals surface area contributed by atoms with Gasteiger partial charge >= 0.3 is 12.0 Å². The fraction of sp³-hybridized carbons (Fsp3) is 0.231. The molecule has 3 aromatic rings. The maximum absolute atomic E-state index is 12.6. The lowest BCUT2D eigenvalue weighted by Gasteiger charge is -2.16. The number of rotatable bonds is 11. The third-order valence-electron chi connectivity index (χ3n) is 5.46. The van der Waals surface area contributed by atoms with Crippen molar-refractivity contribution in [1.82, 2.24) is 9.71 Å². The van der Waals surface area contributed by atoms with Crippen LogP contribution in [0.15, 0.2) is 60.8 Å². The number of hydrogen-bond donors (Lipinski definition) is 5. The molecular weight excluding hydrogens is 526 g/mol. The number of sulfonamides is 1. The number of nitrogens with zero attached hydrogens (tertiary/aromatic N) is 1. The second-order valence-corrected chi connectivity index (χ2v) is 10.5. The Bertz CT molecular complexity index is 1460. The number of aliphatic carboxylic acids is 1. The van der Waals surface area contributed by atoms with Gasteiger partial charge in [-0.3, -0.25) is 9.59 Å². The summed E-state index contributed by atoms with van der Waals surface area (Å²) in [4.78, 5) is 40.2. The minimum absolute atomic E-state index is 0.0211. The van der Waals surface area contributed by atoms with Crippen LogP contribution in [0.4, 0.5) is 22.0 Å². The van der Waals surface area contributed by atoms with E-state index in [4.69, 9.17) is 9.84 Å². The Balaban J connectivity index is 1.62. The Hall–Kier alpha value is -4.49. The molecule has 0 bridgehead atoms. The molecule has 0 spiro atoms. The van der Waals surface area contributed by atoms with Crippen molar-refractivity contribution in [1.29, 1.82) is 0 Å². The molecule has 1 atom stereocenters. The second-order valence-electron chi connectivity index (χ2n) is 8.67. The smallest absolute Gasteiger partial charge is 0.323 e. The third kappa shape index (κ3) is 9.09. The van der Waals surface area contributed by atoms with Gasteiger partial charge in [0.05, 0.1) is 37.9 Å². The molecular formula is C26H29N5O7S. The van der Waals surface area contributed by atoms with Gasteiger partial charge in [0, 0.05) is 11.9 Å². The van der Waals surface area contributed by atoms with Crippen LogP contribution in [-0.2, 0) is 26.0 Å². The summed E-state index contributed by atoms with van der Waals surface area (Å²) in [5.41, 5.74) is 2.96. The number of para-hydroxylation sites is 1. The van der Waals surface area contributed by atoms with Gasteiger partial charge in [0.2, 0.25) is 15.9 Å². The normalized spacial score (nSPS) is 11.8. The number of methoxy groups -OCH3 is 1. The van der Waals surface area contributed by atoms with Crippen molar-refractivity contribution in [2.24, 2.45) is 0 Å². The highest BCUT2D eigenvalue weighted by Gasteiger charge is 2.20. The summed E-state index contributed by atoms with van der Waals surface area (Å²) in [6.45, 7) is 1.88. The van der Waals surface area contributed by atoms with E-state index in [1.807, 2.05) is 25.1 Å². The predicted molar refractivity (Wildman–Crippen MR) is 146 cm³/mol. The Kier molecular flexibility index (Phi) is 9.57. The lowest BCUT2D eigenvalue weighted by atomic mass is 10.1. The first kappa shape index (κ1) is 29.1. The van der Waals surface area contributed by atoms with E-state index in [9.17, 15) is 22.8 Å². The number of pyridine rings is 1. The zero-order valence-electron chi connectivity index (χ0n) is 21.5. The summed E-state index contributed by atoms with van der Waals surface area (Å²) in [5.74, 6) is -0.996. The molecule has 1 heterocycles. The van der Waals surface area contributed by atoms with Crippen molar-refractivity contribution < 1.29 is 32.6 Å². The van der Waals surface area contributed by atoms with Crippen LogP contribution in [0.3, 0.4) is 0 Å². The number of carboxylic acid groups (broad SMARTS) is 1. The maximum Gasteiger partial charge on any atom is 0.323 e. The van der Waals surface area contributed by atoms with Crippen LogP contribution in [0, 0.1) is 6.92 Å². The van der Waals surface area contributed by atoms with E-state index in [1.165, 1.54) is 25.4 Å². The summed E-state index contributed by atoms with van der Waals surface area (Å²) in [5, 5.41) is 17.2. The van der Waals surface area contributed by atoms with Gasteiger partial charge in [-0.1, -0.05) is 30.3 Å². The molecule has 39 heavy (non-hydrogen) atoms. The average molecular weight is 556 g/mol. The highest BCUT2D eigenvalue weighted by Crippen LogP contribution is 2.26. The third-order valence-corrected chi connectivity index (χ3v) is 6.18. The van der Waals surface area contributed by atoms with Gasteiger partial charge in [-0.25, -0.2) is 22.9 Å². The van der Waals surface area contributed by atoms with Crippen LogP contribution < -0.4 is 25.4 Å². The first-order valence-corrected chi connectivity index (χ1v) is 13.6. The van der Waals surface area contributed by atoms with Crippen molar-refractivity contribution >= 4 is 45.1 Å². The summed E-state index contributed by atoms with van der Waals surface area (Å²) >= 11 is 0. The molecule has 2 aromatic carbocycles. The van der Waals surface area contributed by atoms with Gasteiger partial charge < -0.3 is 25.8 Å². The molecule has 0 aliphatic heterocycles. The van der Waals surface area contributed by atoms with Crippen LogP contribution in [0.1, 0.15) is 29.2 Å². The molecule has 0 radical (unpaired) electrons. The van der Waals surface area contributed by atoms with Crippen molar-refractivity contribution in [3.8, 4) is 5.75 Å². The maximum atomic E-state index is 12.6. The number of benzene rings is 2. The molecule has 5 N–H and O–H groups in total. The number of carbonyl (C=O) groups is 3. The van der Waals surface area contributed by atoms with Gasteiger partial charge in [-0.2, -0.15) is 0 Å². The molecule has 0 saturated heterocycles. The van der Waals surface area contributed by atoms with Crippen LogP contribution in [0.25, 0.3) is 0 Å². The molecule has 0 aliphatic rings. The van der Waals surface area contributed by atoms with Crippen LogP contribution in [-0.4, -0.2) is 49.8 Å². The Morgan fingerprint density at radius 2 is 1.72 bits per heavy atom. The van der Waals surface area contributed by atoms with E-state index in [0.717, 1.165) is 11.8 Å². The number of carbonyl (C=O) groups excluding carboxylic acids is 2. The van der Waals surface area contributed by atoms with E-state index in [1.54, 1.807) is 24.3 Å². The quantitative estimate of drug-likeness (QED) is 0.239. The molecule has 3 rings (SSSR count). The fourth-order valence-corrected chi connectivity index (χ4v) is 4.39. The minimum Gasteiger partial charge on any atom is -0.495 e. The SMILES string of the molecule is COc1cc(CC(=O)Nc2ccc(C(CC(=O)O)NS(C)(=O)=O)cn2)ccc1NC(=O)Nc1ccccc1C. The first-order valence-electron chi connectivity index (χ1n) is 11.7. The molecule has 0 aliphatic carbocycles. The van der Waals surface area contributed by atoms with Crippen molar-refractivity contribution in [3.63, 3.8) is 0 Å². The van der Waals surface area contributed by atoms with Crippen LogP contribution >= 0.6 is 0 Å². The molecule has 3 amide bonds. The molecule has 0 fully saturated rings. The topological polar surface area (TPSA) is 176 Å². The number of nitrogens with one attached hydrogen (secondary N) is 4. The van der Waals surface area contributed by atoms with E-state index in [2.05, 4.69) is 25.7 Å². The molecule has 12 nitrogen and oxygen atoms in total. The van der Waals surface area contributed by atoms with Crippen molar-refractivity contribution in [2.45, 2.75) is 25.8 Å². The first-order chi connectivity index (χ1) is 18.4. The summed E-state index contributed by atoms with van der Waals surface area (Å²) in [7, 11) is -2.21. The number of hydrogen-bond acceptors (Lipinski definition) is 7. The van der Waals surface area contributed by atoms with Crippen molar-refractivity contribution in [2.75, 3.05) is 29.3 Å². The Morgan fingerprint density at radius 1 is 1.00 bits per heavy atom.